The molecule has 1 aliphatic heterocycles. The van der Waals surface area contributed by atoms with Crippen molar-refractivity contribution >= 4 is 22.5 Å². The molecule has 0 atom stereocenters. The molecule has 0 amide bonds. The van der Waals surface area contributed by atoms with Gasteiger partial charge in [-0.25, -0.2) is 23.7 Å². The Kier molecular flexibility index (Phi) is 5.72. The topological polar surface area (TPSA) is 95.6 Å². The highest BCUT2D eigenvalue weighted by atomic mass is 19.1. The first-order valence-electron chi connectivity index (χ1n) is 10.1. The number of rotatable bonds is 5. The van der Waals surface area contributed by atoms with Crippen molar-refractivity contribution in [1.82, 2.24) is 15.0 Å². The van der Waals surface area contributed by atoms with Gasteiger partial charge in [0.1, 0.15) is 11.6 Å². The molecule has 10 heteroatoms. The molecule has 1 fully saturated rings. The van der Waals surface area contributed by atoms with Crippen molar-refractivity contribution in [1.29, 1.82) is 0 Å². The van der Waals surface area contributed by atoms with Crippen molar-refractivity contribution < 1.29 is 23.0 Å². The summed E-state index contributed by atoms with van der Waals surface area (Å²) in [5.41, 5.74) is 5.65. The molecule has 2 aromatic heterocycles. The first-order valence-corrected chi connectivity index (χ1v) is 10.1. The molecule has 4 rings (SSSR count). The molecule has 0 bridgehead atoms. The summed E-state index contributed by atoms with van der Waals surface area (Å²) in [5.74, 6) is -1.48. The fourth-order valence-corrected chi connectivity index (χ4v) is 3.86. The normalized spacial score (nSPS) is 15.8. The number of anilines is 2. The summed E-state index contributed by atoms with van der Waals surface area (Å²) in [6.07, 6.45) is 3.00. The molecule has 1 aliphatic rings. The third-order valence-electron chi connectivity index (χ3n) is 5.99. The van der Waals surface area contributed by atoms with Crippen LogP contribution in [-0.4, -0.2) is 55.0 Å². The van der Waals surface area contributed by atoms with Gasteiger partial charge in [-0.05, 0) is 25.8 Å². The minimum atomic E-state index is -0.912. The van der Waals surface area contributed by atoms with E-state index in [2.05, 4.69) is 21.9 Å². The molecule has 3 heterocycles. The molecule has 0 radical (unpaired) electrons. The van der Waals surface area contributed by atoms with E-state index in [1.165, 1.54) is 20.4 Å². The Hall–Kier alpha value is -3.27. The number of nitrogen functional groups attached to an aromatic ring is 1. The molecule has 0 aliphatic carbocycles. The molecule has 1 aromatic carbocycles. The molecule has 0 saturated carbocycles. The quantitative estimate of drug-likeness (QED) is 0.637. The SMILES string of the molecule is COc1cc(OC)c(F)c(-c2nc(N3CCC(C)(OC)CC3)c3cc(N)ncc3n2)c1F. The van der Waals surface area contributed by atoms with Crippen LogP contribution in [0.25, 0.3) is 22.3 Å². The van der Waals surface area contributed by atoms with Gasteiger partial charge in [0.15, 0.2) is 29.0 Å². The van der Waals surface area contributed by atoms with E-state index in [0.717, 1.165) is 18.9 Å². The van der Waals surface area contributed by atoms with Gasteiger partial charge in [0.2, 0.25) is 0 Å². The standard InChI is InChI=1S/C22H25F2N5O3/c1-22(32-4)5-7-29(8-6-22)21-12-9-16(25)26-11-13(12)27-20(28-21)17-18(23)14(30-2)10-15(31-3)19(17)24/h9-11H,5-8H2,1-4H3,(H2,25,26). The van der Waals surface area contributed by atoms with E-state index in [9.17, 15) is 0 Å². The second-order valence-corrected chi connectivity index (χ2v) is 7.92. The minimum Gasteiger partial charge on any atom is -0.494 e. The molecule has 0 unspecified atom stereocenters. The third-order valence-corrected chi connectivity index (χ3v) is 5.99. The zero-order valence-corrected chi connectivity index (χ0v) is 18.4. The Morgan fingerprint density at radius 3 is 2.19 bits per heavy atom. The first kappa shape index (κ1) is 21.9. The maximum atomic E-state index is 15.2. The van der Waals surface area contributed by atoms with Crippen LogP contribution in [0.1, 0.15) is 19.8 Å². The Bertz CT molecular complexity index is 1140. The number of pyridine rings is 1. The van der Waals surface area contributed by atoms with Crippen LogP contribution >= 0.6 is 0 Å². The Balaban J connectivity index is 1.91. The van der Waals surface area contributed by atoms with Gasteiger partial charge in [0, 0.05) is 31.7 Å². The number of nitrogens with zero attached hydrogens (tertiary/aromatic N) is 4. The predicted molar refractivity (Wildman–Crippen MR) is 117 cm³/mol. The van der Waals surface area contributed by atoms with E-state index in [4.69, 9.17) is 19.9 Å². The van der Waals surface area contributed by atoms with Gasteiger partial charge in [-0.3, -0.25) is 0 Å². The molecule has 2 N–H and O–H groups in total. The van der Waals surface area contributed by atoms with E-state index < -0.39 is 17.2 Å². The fraction of sp³-hybridized carbons (Fsp3) is 0.409. The van der Waals surface area contributed by atoms with Gasteiger partial charge in [-0.15, -0.1) is 0 Å². The number of benzene rings is 1. The lowest BCUT2D eigenvalue weighted by molar-refractivity contribution is -0.0133. The number of aromatic nitrogens is 3. The predicted octanol–water partition coefficient (Wildman–Crippen LogP) is 3.57. The van der Waals surface area contributed by atoms with Crippen molar-refractivity contribution in [2.45, 2.75) is 25.4 Å². The summed E-state index contributed by atoms with van der Waals surface area (Å²) in [7, 11) is 4.28. The van der Waals surface area contributed by atoms with E-state index in [0.29, 0.717) is 35.6 Å². The second-order valence-electron chi connectivity index (χ2n) is 7.92. The highest BCUT2D eigenvalue weighted by molar-refractivity contribution is 5.92. The van der Waals surface area contributed by atoms with Crippen molar-refractivity contribution in [3.63, 3.8) is 0 Å². The van der Waals surface area contributed by atoms with Gasteiger partial charge >= 0.3 is 0 Å². The monoisotopic (exact) mass is 445 g/mol. The van der Waals surface area contributed by atoms with Crippen molar-refractivity contribution in [2.24, 2.45) is 0 Å². The molecule has 1 saturated heterocycles. The number of piperidine rings is 1. The number of methoxy groups -OCH3 is 3. The van der Waals surface area contributed by atoms with Gasteiger partial charge in [-0.2, -0.15) is 0 Å². The number of hydrogen-bond acceptors (Lipinski definition) is 8. The Morgan fingerprint density at radius 2 is 1.62 bits per heavy atom. The lowest BCUT2D eigenvalue weighted by Crippen LogP contribution is -2.44. The molecule has 3 aromatic rings. The molecule has 8 nitrogen and oxygen atoms in total. The fourth-order valence-electron chi connectivity index (χ4n) is 3.86. The number of halogens is 2. The lowest BCUT2D eigenvalue weighted by Gasteiger charge is -2.39. The van der Waals surface area contributed by atoms with Gasteiger partial charge in [0.05, 0.1) is 37.1 Å². The Morgan fingerprint density at radius 1 is 1.00 bits per heavy atom. The average Bonchev–Trinajstić information content (AvgIpc) is 2.79. The van der Waals surface area contributed by atoms with Crippen LogP contribution in [-0.2, 0) is 4.74 Å². The van der Waals surface area contributed by atoms with Crippen LogP contribution in [0.3, 0.4) is 0 Å². The Labute approximate surface area is 184 Å². The van der Waals surface area contributed by atoms with E-state index in [1.54, 1.807) is 13.2 Å². The molecule has 170 valence electrons. The van der Waals surface area contributed by atoms with Gasteiger partial charge < -0.3 is 24.8 Å². The van der Waals surface area contributed by atoms with Gasteiger partial charge in [0.25, 0.3) is 0 Å². The average molecular weight is 445 g/mol. The van der Waals surface area contributed by atoms with Crippen LogP contribution < -0.4 is 20.1 Å². The number of ether oxygens (including phenoxy) is 3. The summed E-state index contributed by atoms with van der Waals surface area (Å²) in [6, 6.07) is 2.81. The summed E-state index contributed by atoms with van der Waals surface area (Å²) in [4.78, 5) is 15.1. The van der Waals surface area contributed by atoms with Crippen molar-refractivity contribution in [3.8, 4) is 22.9 Å². The molecular formula is C22H25F2N5O3. The van der Waals surface area contributed by atoms with Crippen molar-refractivity contribution in [3.05, 3.63) is 30.0 Å². The van der Waals surface area contributed by atoms with Crippen molar-refractivity contribution in [2.75, 3.05) is 45.1 Å². The maximum Gasteiger partial charge on any atom is 0.179 e. The van der Waals surface area contributed by atoms with E-state index in [-0.39, 0.29) is 22.9 Å². The number of fused-ring (bicyclic) bond motifs is 1. The summed E-state index contributed by atoms with van der Waals surface area (Å²) < 4.78 is 46.1. The summed E-state index contributed by atoms with van der Waals surface area (Å²) in [6.45, 7) is 3.35. The maximum absolute atomic E-state index is 15.2. The third kappa shape index (κ3) is 3.75. The van der Waals surface area contributed by atoms with Gasteiger partial charge in [-0.1, -0.05) is 0 Å². The lowest BCUT2D eigenvalue weighted by atomic mass is 9.93. The largest absolute Gasteiger partial charge is 0.494 e. The van der Waals surface area contributed by atoms with Crippen LogP contribution in [0.2, 0.25) is 0 Å². The highest BCUT2D eigenvalue weighted by Crippen LogP contribution is 2.39. The van der Waals surface area contributed by atoms with Crippen LogP contribution in [0.4, 0.5) is 20.4 Å². The highest BCUT2D eigenvalue weighted by Gasteiger charge is 2.32. The van der Waals surface area contributed by atoms with Crippen LogP contribution in [0.5, 0.6) is 11.5 Å². The molecular weight excluding hydrogens is 420 g/mol. The first-order chi connectivity index (χ1) is 15.3. The van der Waals surface area contributed by atoms with E-state index >= 15 is 8.78 Å². The van der Waals surface area contributed by atoms with Crippen LogP contribution in [0.15, 0.2) is 18.3 Å². The second kappa shape index (κ2) is 8.34. The van der Waals surface area contributed by atoms with Crippen LogP contribution in [0, 0.1) is 11.6 Å². The molecule has 32 heavy (non-hydrogen) atoms. The minimum absolute atomic E-state index is 0.133. The zero-order valence-electron chi connectivity index (χ0n) is 18.4. The number of hydrogen-bond donors (Lipinski definition) is 1. The van der Waals surface area contributed by atoms with E-state index in [1.807, 2.05) is 4.90 Å². The number of nitrogens with two attached hydrogens (primary N) is 1. The zero-order chi connectivity index (χ0) is 23.0. The summed E-state index contributed by atoms with van der Waals surface area (Å²) in [5, 5.41) is 0.651. The summed E-state index contributed by atoms with van der Waals surface area (Å²) >= 11 is 0. The smallest absolute Gasteiger partial charge is 0.179 e. The molecule has 0 spiro atoms.